The SMILES string of the molecule is CCN1CCOc2ccc(NS(=O)(=O)c3ccc(C)cc3C)cc2C1=O. The molecule has 2 aromatic carbocycles. The number of nitrogens with one attached hydrogen (secondary N) is 1. The third-order valence-electron chi connectivity index (χ3n) is 4.37. The molecule has 0 aromatic heterocycles. The van der Waals surface area contributed by atoms with Crippen molar-refractivity contribution < 1.29 is 17.9 Å². The van der Waals surface area contributed by atoms with E-state index in [9.17, 15) is 13.2 Å². The highest BCUT2D eigenvalue weighted by Gasteiger charge is 2.24. The van der Waals surface area contributed by atoms with E-state index in [1.165, 1.54) is 6.07 Å². The average Bonchev–Trinajstić information content (AvgIpc) is 2.73. The fourth-order valence-electron chi connectivity index (χ4n) is 3.04. The Morgan fingerprint density at radius 2 is 1.92 bits per heavy atom. The molecule has 7 heteroatoms. The largest absolute Gasteiger partial charge is 0.491 e. The number of benzene rings is 2. The van der Waals surface area contributed by atoms with E-state index in [-0.39, 0.29) is 10.8 Å². The maximum Gasteiger partial charge on any atom is 0.262 e. The lowest BCUT2D eigenvalue weighted by atomic mass is 10.1. The van der Waals surface area contributed by atoms with Gasteiger partial charge in [0, 0.05) is 12.2 Å². The van der Waals surface area contributed by atoms with E-state index in [0.717, 1.165) is 5.56 Å². The zero-order chi connectivity index (χ0) is 18.9. The molecule has 0 aliphatic carbocycles. The van der Waals surface area contributed by atoms with Crippen LogP contribution in [-0.4, -0.2) is 38.9 Å². The van der Waals surface area contributed by atoms with Gasteiger partial charge in [-0.1, -0.05) is 17.7 Å². The van der Waals surface area contributed by atoms with Crippen LogP contribution in [0.2, 0.25) is 0 Å². The Balaban J connectivity index is 1.95. The maximum atomic E-state index is 12.7. The molecule has 1 aliphatic heterocycles. The molecule has 0 saturated heterocycles. The molecule has 0 atom stereocenters. The molecule has 0 spiro atoms. The zero-order valence-corrected chi connectivity index (χ0v) is 15.9. The number of carbonyl (C=O) groups is 1. The predicted octanol–water partition coefficient (Wildman–Crippen LogP) is 2.96. The number of rotatable bonds is 4. The molecular formula is C19H22N2O4S. The summed E-state index contributed by atoms with van der Waals surface area (Å²) in [5.41, 5.74) is 2.36. The number of aryl methyl sites for hydroxylation is 2. The Bertz CT molecular complexity index is 954. The Kier molecular flexibility index (Phi) is 4.91. The van der Waals surface area contributed by atoms with Crippen LogP contribution in [-0.2, 0) is 10.0 Å². The standard InChI is InChI=1S/C19H22N2O4S/c1-4-21-9-10-25-17-7-6-15(12-16(17)19(21)22)20-26(23,24)18-8-5-13(2)11-14(18)3/h5-8,11-12,20H,4,9-10H2,1-3H3. The number of hydrogen-bond acceptors (Lipinski definition) is 4. The molecule has 0 saturated carbocycles. The smallest absolute Gasteiger partial charge is 0.262 e. The van der Waals surface area contributed by atoms with Crippen LogP contribution in [0.4, 0.5) is 5.69 Å². The third kappa shape index (κ3) is 3.53. The molecule has 1 amide bonds. The van der Waals surface area contributed by atoms with Crippen LogP contribution in [0.3, 0.4) is 0 Å². The fourth-order valence-corrected chi connectivity index (χ4v) is 4.31. The van der Waals surface area contributed by atoms with Crippen molar-refractivity contribution in [3.63, 3.8) is 0 Å². The van der Waals surface area contributed by atoms with Gasteiger partial charge in [-0.15, -0.1) is 0 Å². The fraction of sp³-hybridized carbons (Fsp3) is 0.316. The number of ether oxygens (including phenoxy) is 1. The van der Waals surface area contributed by atoms with Crippen LogP contribution in [0, 0.1) is 13.8 Å². The third-order valence-corrected chi connectivity index (χ3v) is 5.91. The first-order chi connectivity index (χ1) is 12.3. The molecule has 0 unspecified atom stereocenters. The minimum atomic E-state index is -3.75. The van der Waals surface area contributed by atoms with Gasteiger partial charge in [0.25, 0.3) is 15.9 Å². The van der Waals surface area contributed by atoms with Gasteiger partial charge in [0.05, 0.1) is 17.0 Å². The second-order valence-corrected chi connectivity index (χ2v) is 7.97. The normalized spacial score (nSPS) is 14.4. The first kappa shape index (κ1) is 18.3. The van der Waals surface area contributed by atoms with E-state index in [1.54, 1.807) is 36.1 Å². The monoisotopic (exact) mass is 374 g/mol. The Morgan fingerprint density at radius 1 is 1.15 bits per heavy atom. The van der Waals surface area contributed by atoms with Crippen LogP contribution in [0.25, 0.3) is 0 Å². The molecule has 138 valence electrons. The van der Waals surface area contributed by atoms with Crippen LogP contribution < -0.4 is 9.46 Å². The second kappa shape index (κ2) is 6.99. The minimum Gasteiger partial charge on any atom is -0.491 e. The molecule has 26 heavy (non-hydrogen) atoms. The van der Waals surface area contributed by atoms with Crippen molar-refractivity contribution in [3.8, 4) is 5.75 Å². The van der Waals surface area contributed by atoms with Gasteiger partial charge in [0.1, 0.15) is 12.4 Å². The molecule has 6 nitrogen and oxygen atoms in total. The maximum absolute atomic E-state index is 12.7. The molecule has 1 heterocycles. The summed E-state index contributed by atoms with van der Waals surface area (Å²) >= 11 is 0. The van der Waals surface area contributed by atoms with Crippen LogP contribution in [0.15, 0.2) is 41.3 Å². The Hall–Kier alpha value is -2.54. The summed E-state index contributed by atoms with van der Waals surface area (Å²) in [7, 11) is -3.75. The van der Waals surface area contributed by atoms with Gasteiger partial charge in [-0.2, -0.15) is 0 Å². The number of hydrogen-bond donors (Lipinski definition) is 1. The van der Waals surface area contributed by atoms with Gasteiger partial charge in [0.2, 0.25) is 0 Å². The highest BCUT2D eigenvalue weighted by molar-refractivity contribution is 7.92. The molecule has 0 fully saturated rings. The first-order valence-electron chi connectivity index (χ1n) is 8.48. The highest BCUT2D eigenvalue weighted by Crippen LogP contribution is 2.28. The summed E-state index contributed by atoms with van der Waals surface area (Å²) in [5, 5.41) is 0. The van der Waals surface area contributed by atoms with E-state index in [1.807, 2.05) is 19.9 Å². The van der Waals surface area contributed by atoms with Gasteiger partial charge < -0.3 is 9.64 Å². The van der Waals surface area contributed by atoms with Crippen molar-refractivity contribution in [2.75, 3.05) is 24.4 Å². The number of likely N-dealkylation sites (N-methyl/N-ethyl adjacent to an activating group) is 1. The molecule has 2 aromatic rings. The average molecular weight is 374 g/mol. The van der Waals surface area contributed by atoms with Crippen molar-refractivity contribution in [2.45, 2.75) is 25.7 Å². The second-order valence-electron chi connectivity index (χ2n) is 6.32. The first-order valence-corrected chi connectivity index (χ1v) is 9.96. The minimum absolute atomic E-state index is 0.160. The van der Waals surface area contributed by atoms with Gasteiger partial charge in [-0.05, 0) is 50.6 Å². The summed E-state index contributed by atoms with van der Waals surface area (Å²) < 4.78 is 33.6. The van der Waals surface area contributed by atoms with Crippen molar-refractivity contribution in [1.29, 1.82) is 0 Å². The molecule has 1 aliphatic rings. The molecular weight excluding hydrogens is 352 g/mol. The van der Waals surface area contributed by atoms with Crippen molar-refractivity contribution in [1.82, 2.24) is 4.90 Å². The lowest BCUT2D eigenvalue weighted by molar-refractivity contribution is 0.0765. The van der Waals surface area contributed by atoms with Gasteiger partial charge in [-0.25, -0.2) is 8.42 Å². The van der Waals surface area contributed by atoms with Gasteiger partial charge >= 0.3 is 0 Å². The van der Waals surface area contributed by atoms with E-state index in [2.05, 4.69) is 4.72 Å². The summed E-state index contributed by atoms with van der Waals surface area (Å²) in [6.45, 7) is 7.06. The van der Waals surface area contributed by atoms with Gasteiger partial charge in [0.15, 0.2) is 0 Å². The lowest BCUT2D eigenvalue weighted by Crippen LogP contribution is -2.32. The number of sulfonamides is 1. The van der Waals surface area contributed by atoms with E-state index < -0.39 is 10.0 Å². The number of fused-ring (bicyclic) bond motifs is 1. The number of anilines is 1. The Labute approximate surface area is 153 Å². The lowest BCUT2D eigenvalue weighted by Gasteiger charge is -2.17. The van der Waals surface area contributed by atoms with Crippen molar-refractivity contribution in [2.24, 2.45) is 0 Å². The number of amides is 1. The molecule has 3 rings (SSSR count). The van der Waals surface area contributed by atoms with Crippen LogP contribution >= 0.6 is 0 Å². The summed E-state index contributed by atoms with van der Waals surface area (Å²) in [4.78, 5) is 14.5. The van der Waals surface area contributed by atoms with Crippen LogP contribution in [0.5, 0.6) is 5.75 Å². The number of carbonyl (C=O) groups excluding carboxylic acids is 1. The molecule has 1 N–H and O–H groups in total. The number of nitrogens with zero attached hydrogens (tertiary/aromatic N) is 1. The quantitative estimate of drug-likeness (QED) is 0.893. The van der Waals surface area contributed by atoms with Crippen LogP contribution in [0.1, 0.15) is 28.4 Å². The van der Waals surface area contributed by atoms with Gasteiger partial charge in [-0.3, -0.25) is 9.52 Å². The summed E-state index contributed by atoms with van der Waals surface area (Å²) in [5.74, 6) is 0.313. The van der Waals surface area contributed by atoms with E-state index in [4.69, 9.17) is 4.74 Å². The Morgan fingerprint density at radius 3 is 2.62 bits per heavy atom. The summed E-state index contributed by atoms with van der Waals surface area (Å²) in [6.07, 6.45) is 0. The molecule has 0 bridgehead atoms. The molecule has 0 radical (unpaired) electrons. The zero-order valence-electron chi connectivity index (χ0n) is 15.1. The van der Waals surface area contributed by atoms with E-state index in [0.29, 0.717) is 42.3 Å². The topological polar surface area (TPSA) is 75.7 Å². The van der Waals surface area contributed by atoms with E-state index >= 15 is 0 Å². The summed E-state index contributed by atoms with van der Waals surface area (Å²) in [6, 6.07) is 9.94. The highest BCUT2D eigenvalue weighted by atomic mass is 32.2. The predicted molar refractivity (Wildman–Crippen MR) is 100 cm³/mol. The van der Waals surface area contributed by atoms with Crippen molar-refractivity contribution >= 4 is 21.6 Å². The van der Waals surface area contributed by atoms with Crippen molar-refractivity contribution in [3.05, 3.63) is 53.1 Å².